The first-order valence-corrected chi connectivity index (χ1v) is 8.83. The van der Waals surface area contributed by atoms with Crippen LogP contribution in [0.15, 0.2) is 29.2 Å². The minimum atomic E-state index is -4.03. The molecule has 0 aromatic heterocycles. The summed E-state index contributed by atoms with van der Waals surface area (Å²) < 4.78 is 31.6. The van der Waals surface area contributed by atoms with Crippen LogP contribution in [0.3, 0.4) is 0 Å². The van der Waals surface area contributed by atoms with E-state index in [1.807, 2.05) is 6.92 Å². The Labute approximate surface area is 139 Å². The van der Waals surface area contributed by atoms with Crippen molar-refractivity contribution in [1.29, 1.82) is 0 Å². The number of non-ortho nitro benzene ring substituents is 1. The zero-order valence-electron chi connectivity index (χ0n) is 12.4. The number of nitro benzene ring substituents is 1. The molecule has 0 saturated heterocycles. The summed E-state index contributed by atoms with van der Waals surface area (Å²) in [5.41, 5.74) is -0.233. The van der Waals surface area contributed by atoms with E-state index >= 15 is 0 Å². The summed E-state index contributed by atoms with van der Waals surface area (Å²) in [6.45, 7) is 1.99. The van der Waals surface area contributed by atoms with E-state index in [9.17, 15) is 23.3 Å². The van der Waals surface area contributed by atoms with E-state index in [2.05, 4.69) is 4.72 Å². The second-order valence-corrected chi connectivity index (χ2v) is 6.66. The second kappa shape index (κ2) is 8.80. The lowest BCUT2D eigenvalue weighted by Crippen LogP contribution is -2.42. The smallest absolute Gasteiger partial charge is 0.324 e. The fourth-order valence-electron chi connectivity index (χ4n) is 1.64. The lowest BCUT2D eigenvalue weighted by molar-refractivity contribution is -0.384. The average molecular weight is 365 g/mol. The van der Waals surface area contributed by atoms with Gasteiger partial charge in [0.15, 0.2) is 0 Å². The molecule has 8 nitrogen and oxygen atoms in total. The summed E-state index contributed by atoms with van der Waals surface area (Å²) >= 11 is 5.59. The lowest BCUT2D eigenvalue weighted by Gasteiger charge is -2.16. The maximum absolute atomic E-state index is 12.2. The molecule has 0 aliphatic carbocycles. The molecule has 10 heteroatoms. The molecule has 128 valence electrons. The van der Waals surface area contributed by atoms with E-state index < -0.39 is 27.0 Å². The lowest BCUT2D eigenvalue weighted by atomic mass is 10.2. The Balaban J connectivity index is 2.92. The topological polar surface area (TPSA) is 116 Å². The number of rotatable bonds is 9. The molecule has 0 spiro atoms. The Morgan fingerprint density at radius 1 is 1.39 bits per heavy atom. The van der Waals surface area contributed by atoms with Crippen molar-refractivity contribution in [3.8, 4) is 0 Å². The van der Waals surface area contributed by atoms with Crippen molar-refractivity contribution in [2.75, 3.05) is 12.5 Å². The van der Waals surface area contributed by atoms with Gasteiger partial charge in [-0.2, -0.15) is 4.72 Å². The number of carbonyl (C=O) groups is 1. The molecule has 0 aliphatic heterocycles. The zero-order chi connectivity index (χ0) is 17.5. The van der Waals surface area contributed by atoms with Gasteiger partial charge in [-0.25, -0.2) is 8.42 Å². The van der Waals surface area contributed by atoms with Gasteiger partial charge in [-0.3, -0.25) is 14.9 Å². The summed E-state index contributed by atoms with van der Waals surface area (Å²) in [7, 11) is -4.03. The van der Waals surface area contributed by atoms with E-state index in [-0.39, 0.29) is 29.5 Å². The molecular formula is C13H17ClN2O6S. The van der Waals surface area contributed by atoms with Crippen molar-refractivity contribution in [3.63, 3.8) is 0 Å². The van der Waals surface area contributed by atoms with Crippen molar-refractivity contribution in [1.82, 2.24) is 4.72 Å². The Bertz CT molecular complexity index is 647. The normalized spacial score (nSPS) is 12.6. The van der Waals surface area contributed by atoms with Crippen molar-refractivity contribution in [2.24, 2.45) is 0 Å². The van der Waals surface area contributed by atoms with Crippen molar-refractivity contribution >= 4 is 33.3 Å². The SMILES string of the molecule is CCCOC(=O)[C@@H](CCCl)NS(=O)(=O)c1ccc([N+](=O)[O-])cc1. The largest absolute Gasteiger partial charge is 0.465 e. The van der Waals surface area contributed by atoms with Crippen LogP contribution in [-0.2, 0) is 19.6 Å². The number of nitro groups is 1. The van der Waals surface area contributed by atoms with Gasteiger partial charge in [0.2, 0.25) is 10.0 Å². The van der Waals surface area contributed by atoms with Gasteiger partial charge >= 0.3 is 5.97 Å². The monoisotopic (exact) mass is 364 g/mol. The van der Waals surface area contributed by atoms with Gasteiger partial charge < -0.3 is 4.74 Å². The van der Waals surface area contributed by atoms with Gasteiger partial charge in [0.25, 0.3) is 5.69 Å². The molecule has 0 amide bonds. The highest BCUT2D eigenvalue weighted by Crippen LogP contribution is 2.16. The van der Waals surface area contributed by atoms with Crippen molar-refractivity contribution < 1.29 is 22.9 Å². The molecule has 0 saturated carbocycles. The molecule has 0 fully saturated rings. The first kappa shape index (κ1) is 19.3. The maximum Gasteiger partial charge on any atom is 0.324 e. The van der Waals surface area contributed by atoms with Crippen molar-refractivity contribution in [2.45, 2.75) is 30.7 Å². The summed E-state index contributed by atoms with van der Waals surface area (Å²) in [5.74, 6) is -0.646. The highest BCUT2D eigenvalue weighted by Gasteiger charge is 2.26. The molecule has 1 aromatic rings. The van der Waals surface area contributed by atoms with Crippen LogP contribution in [0.25, 0.3) is 0 Å². The van der Waals surface area contributed by atoms with Crippen LogP contribution in [0.4, 0.5) is 5.69 Å². The van der Waals surface area contributed by atoms with Gasteiger partial charge in [-0.15, -0.1) is 11.6 Å². The molecule has 1 aromatic carbocycles. The summed E-state index contributed by atoms with van der Waals surface area (Å²) in [5, 5.41) is 10.6. The van der Waals surface area contributed by atoms with E-state index in [1.54, 1.807) is 0 Å². The second-order valence-electron chi connectivity index (χ2n) is 4.57. The van der Waals surface area contributed by atoms with Crippen LogP contribution in [0.2, 0.25) is 0 Å². The fourth-order valence-corrected chi connectivity index (χ4v) is 3.08. The van der Waals surface area contributed by atoms with Crippen LogP contribution >= 0.6 is 11.6 Å². The minimum absolute atomic E-state index is 0.0642. The number of esters is 1. The number of carbonyl (C=O) groups excluding carboxylic acids is 1. The van der Waals surface area contributed by atoms with Gasteiger partial charge in [0, 0.05) is 18.0 Å². The van der Waals surface area contributed by atoms with Gasteiger partial charge in [0.1, 0.15) is 6.04 Å². The molecule has 0 radical (unpaired) electrons. The van der Waals surface area contributed by atoms with E-state index in [0.717, 1.165) is 24.3 Å². The third-order valence-corrected chi connectivity index (χ3v) is 4.49. The number of sulfonamides is 1. The summed E-state index contributed by atoms with van der Waals surface area (Å²) in [6, 6.07) is 3.21. The Kier molecular flexibility index (Phi) is 7.40. The number of nitrogens with one attached hydrogen (secondary N) is 1. The first-order chi connectivity index (χ1) is 10.8. The number of ether oxygens (including phenoxy) is 1. The third kappa shape index (κ3) is 5.77. The molecule has 0 bridgehead atoms. The highest BCUT2D eigenvalue weighted by atomic mass is 35.5. The Morgan fingerprint density at radius 3 is 2.48 bits per heavy atom. The van der Waals surface area contributed by atoms with E-state index in [0.29, 0.717) is 6.42 Å². The molecule has 0 aliphatic rings. The number of hydrogen-bond acceptors (Lipinski definition) is 6. The zero-order valence-corrected chi connectivity index (χ0v) is 14.0. The molecule has 1 rings (SSSR count). The summed E-state index contributed by atoms with van der Waals surface area (Å²) in [6.07, 6.45) is 0.671. The van der Waals surface area contributed by atoms with Crippen LogP contribution < -0.4 is 4.72 Å². The number of halogens is 1. The quantitative estimate of drug-likeness (QED) is 0.309. The third-order valence-electron chi connectivity index (χ3n) is 2.79. The van der Waals surface area contributed by atoms with Crippen LogP contribution in [0.5, 0.6) is 0 Å². The molecule has 23 heavy (non-hydrogen) atoms. The number of hydrogen-bond donors (Lipinski definition) is 1. The standard InChI is InChI=1S/C13H17ClN2O6S/c1-2-9-22-13(17)12(7-8-14)15-23(20,21)11-5-3-10(4-6-11)16(18)19/h3-6,12,15H,2,7-9H2,1H3/t12-/m1/s1. The Morgan fingerprint density at radius 2 is 2.00 bits per heavy atom. The fraction of sp³-hybridized carbons (Fsp3) is 0.462. The van der Waals surface area contributed by atoms with E-state index in [4.69, 9.17) is 16.3 Å². The van der Waals surface area contributed by atoms with Crippen molar-refractivity contribution in [3.05, 3.63) is 34.4 Å². The predicted octanol–water partition coefficient (Wildman–Crippen LogP) is 1.82. The maximum atomic E-state index is 12.2. The molecular weight excluding hydrogens is 348 g/mol. The minimum Gasteiger partial charge on any atom is -0.465 e. The highest BCUT2D eigenvalue weighted by molar-refractivity contribution is 7.89. The molecule has 0 heterocycles. The number of alkyl halides is 1. The van der Waals surface area contributed by atoms with Crippen LogP contribution in [0.1, 0.15) is 19.8 Å². The Hall–Kier alpha value is -1.71. The van der Waals surface area contributed by atoms with Crippen LogP contribution in [0, 0.1) is 10.1 Å². The molecule has 1 atom stereocenters. The predicted molar refractivity (Wildman–Crippen MR) is 83.8 cm³/mol. The van der Waals surface area contributed by atoms with Gasteiger partial charge in [-0.1, -0.05) is 6.92 Å². The molecule has 0 unspecified atom stereocenters. The summed E-state index contributed by atoms with van der Waals surface area (Å²) in [4.78, 5) is 21.6. The van der Waals surface area contributed by atoms with E-state index in [1.165, 1.54) is 0 Å². The number of nitrogens with zero attached hydrogens (tertiary/aromatic N) is 1. The molecule has 1 N–H and O–H groups in total. The number of benzene rings is 1. The van der Waals surface area contributed by atoms with Gasteiger partial charge in [0.05, 0.1) is 16.4 Å². The average Bonchev–Trinajstić information content (AvgIpc) is 2.52. The first-order valence-electron chi connectivity index (χ1n) is 6.81. The van der Waals surface area contributed by atoms with Crippen LogP contribution in [-0.4, -0.2) is 37.8 Å². The van der Waals surface area contributed by atoms with Gasteiger partial charge in [-0.05, 0) is 25.0 Å².